The smallest absolute Gasteiger partial charge is 0.222 e. The zero-order valence-electron chi connectivity index (χ0n) is 14.9. The number of carboxylic acids is 1. The summed E-state index contributed by atoms with van der Waals surface area (Å²) in [7, 11) is 3.60. The Morgan fingerprint density at radius 3 is 2.39 bits per heavy atom. The van der Waals surface area contributed by atoms with E-state index in [1.165, 1.54) is 12.8 Å². The fourth-order valence-corrected chi connectivity index (χ4v) is 2.51. The topological polar surface area (TPSA) is 69.2 Å². The molecule has 1 atom stereocenters. The van der Waals surface area contributed by atoms with E-state index in [9.17, 15) is 19.1 Å². The quantitative estimate of drug-likeness (QED) is 0.386. The number of likely N-dealkylation sites (N-methyl/N-ethyl adjacent to an activating group) is 1. The largest absolute Gasteiger partial charge is 0.544 e. The second-order valence-corrected chi connectivity index (χ2v) is 6.90. The molecule has 0 heterocycles. The van der Waals surface area contributed by atoms with Crippen molar-refractivity contribution >= 4 is 11.9 Å². The molecule has 1 unspecified atom stereocenters. The van der Waals surface area contributed by atoms with Crippen LogP contribution in [0.25, 0.3) is 0 Å². The Bertz CT molecular complexity index is 349. The number of hydrogen-bond acceptors (Lipinski definition) is 3. The minimum absolute atomic E-state index is 0.0570. The van der Waals surface area contributed by atoms with Crippen LogP contribution in [0.5, 0.6) is 0 Å². The summed E-state index contributed by atoms with van der Waals surface area (Å²) in [6, 6.07) is 0. The van der Waals surface area contributed by atoms with Gasteiger partial charge in [0.1, 0.15) is 12.7 Å². The minimum atomic E-state index is -1.08. The van der Waals surface area contributed by atoms with Crippen LogP contribution < -0.4 is 10.4 Å². The highest BCUT2D eigenvalue weighted by Gasteiger charge is 2.15. The molecule has 0 bridgehead atoms. The first kappa shape index (κ1) is 21.8. The summed E-state index contributed by atoms with van der Waals surface area (Å²) in [5.74, 6) is -1.35. The number of unbranched alkanes of at least 4 members (excludes halogenated alkanes) is 4. The highest BCUT2D eigenvalue weighted by molar-refractivity contribution is 5.76. The third kappa shape index (κ3) is 14.2. The van der Waals surface area contributed by atoms with Gasteiger partial charge in [-0.05, 0) is 6.42 Å². The maximum absolute atomic E-state index is 13.7. The second kappa shape index (κ2) is 12.3. The zero-order valence-corrected chi connectivity index (χ0v) is 14.9. The minimum Gasteiger partial charge on any atom is -0.544 e. The summed E-state index contributed by atoms with van der Waals surface area (Å²) >= 11 is 0. The molecule has 0 aliphatic carbocycles. The van der Waals surface area contributed by atoms with Crippen LogP contribution in [-0.2, 0) is 9.59 Å². The van der Waals surface area contributed by atoms with Crippen molar-refractivity contribution in [3.8, 4) is 0 Å². The number of carbonyl (C=O) groups excluding carboxylic acids is 2. The molecule has 0 aromatic carbocycles. The van der Waals surface area contributed by atoms with Gasteiger partial charge < -0.3 is 19.7 Å². The van der Waals surface area contributed by atoms with E-state index < -0.39 is 12.1 Å². The van der Waals surface area contributed by atoms with Crippen molar-refractivity contribution in [3.63, 3.8) is 0 Å². The van der Waals surface area contributed by atoms with E-state index in [1.54, 1.807) is 14.1 Å². The number of hydrogen-bond donors (Lipinski definition) is 1. The predicted octanol–water partition coefficient (Wildman–Crippen LogP) is 1.41. The first-order chi connectivity index (χ1) is 10.8. The van der Waals surface area contributed by atoms with Crippen molar-refractivity contribution < 1.29 is 23.6 Å². The Balaban J connectivity index is 3.68. The number of aliphatic carboxylic acids is 1. The van der Waals surface area contributed by atoms with Gasteiger partial charge in [0.25, 0.3) is 0 Å². The number of quaternary nitrogens is 1. The number of halogens is 1. The van der Waals surface area contributed by atoms with Crippen LogP contribution in [0.15, 0.2) is 0 Å². The molecule has 0 saturated heterocycles. The van der Waals surface area contributed by atoms with Crippen LogP contribution in [0, 0.1) is 0 Å². The SMILES string of the molecule is CCCCCCCC(F)CC(=O)NCCC[N+](C)(C)CC(=O)[O-]. The molecule has 0 aliphatic rings. The zero-order chi connectivity index (χ0) is 17.7. The van der Waals surface area contributed by atoms with Crippen LogP contribution in [-0.4, -0.2) is 56.3 Å². The summed E-state index contributed by atoms with van der Waals surface area (Å²) < 4.78 is 14.0. The molecule has 0 aromatic rings. The molecule has 1 amide bonds. The van der Waals surface area contributed by atoms with Crippen molar-refractivity contribution in [2.75, 3.05) is 33.7 Å². The first-order valence-electron chi connectivity index (χ1n) is 8.69. The summed E-state index contributed by atoms with van der Waals surface area (Å²) in [6.45, 7) is 3.14. The van der Waals surface area contributed by atoms with Crippen LogP contribution in [0.4, 0.5) is 4.39 Å². The van der Waals surface area contributed by atoms with Gasteiger partial charge in [0, 0.05) is 13.0 Å². The van der Waals surface area contributed by atoms with Crippen molar-refractivity contribution in [1.82, 2.24) is 5.32 Å². The van der Waals surface area contributed by atoms with E-state index in [0.717, 1.165) is 19.3 Å². The van der Waals surface area contributed by atoms with Gasteiger partial charge >= 0.3 is 0 Å². The number of amides is 1. The van der Waals surface area contributed by atoms with E-state index in [0.29, 0.717) is 30.4 Å². The summed E-state index contributed by atoms with van der Waals surface area (Å²) in [5.41, 5.74) is 0. The van der Waals surface area contributed by atoms with Crippen LogP contribution in [0.2, 0.25) is 0 Å². The fourth-order valence-electron chi connectivity index (χ4n) is 2.51. The normalized spacial score (nSPS) is 12.9. The molecule has 6 heteroatoms. The molecule has 0 spiro atoms. The van der Waals surface area contributed by atoms with Gasteiger partial charge in [-0.1, -0.05) is 39.0 Å². The van der Waals surface area contributed by atoms with Crippen LogP contribution in [0.1, 0.15) is 58.3 Å². The van der Waals surface area contributed by atoms with Gasteiger partial charge in [0.2, 0.25) is 5.91 Å². The summed E-state index contributed by atoms with van der Waals surface area (Å²) in [4.78, 5) is 22.2. The average Bonchev–Trinajstić information content (AvgIpc) is 2.42. The molecule has 5 nitrogen and oxygen atoms in total. The number of carboxylic acid groups (broad SMARTS) is 1. The highest BCUT2D eigenvalue weighted by atomic mass is 19.1. The molecule has 136 valence electrons. The third-order valence-corrected chi connectivity index (χ3v) is 3.85. The Kier molecular flexibility index (Phi) is 11.7. The highest BCUT2D eigenvalue weighted by Crippen LogP contribution is 2.11. The molecule has 0 aromatic heterocycles. The molecular weight excluding hydrogens is 299 g/mol. The van der Waals surface area contributed by atoms with Gasteiger partial charge in [-0.15, -0.1) is 0 Å². The first-order valence-corrected chi connectivity index (χ1v) is 8.69. The third-order valence-electron chi connectivity index (χ3n) is 3.85. The Morgan fingerprint density at radius 2 is 1.78 bits per heavy atom. The lowest BCUT2D eigenvalue weighted by molar-refractivity contribution is -0.884. The van der Waals surface area contributed by atoms with E-state index in [2.05, 4.69) is 12.2 Å². The fraction of sp³-hybridized carbons (Fsp3) is 0.882. The van der Waals surface area contributed by atoms with Crippen molar-refractivity contribution in [3.05, 3.63) is 0 Å². The number of rotatable bonds is 14. The Labute approximate surface area is 139 Å². The maximum Gasteiger partial charge on any atom is 0.222 e. The number of alkyl halides is 1. The predicted molar refractivity (Wildman–Crippen MR) is 87.4 cm³/mol. The molecule has 0 rings (SSSR count). The van der Waals surface area contributed by atoms with E-state index in [-0.39, 0.29) is 18.9 Å². The Hall–Kier alpha value is -1.17. The van der Waals surface area contributed by atoms with Crippen molar-refractivity contribution in [2.45, 2.75) is 64.5 Å². The van der Waals surface area contributed by atoms with Crippen molar-refractivity contribution in [2.24, 2.45) is 0 Å². The van der Waals surface area contributed by atoms with Gasteiger partial charge in [-0.2, -0.15) is 0 Å². The molecule has 0 aliphatic heterocycles. The monoisotopic (exact) mass is 332 g/mol. The van der Waals surface area contributed by atoms with Gasteiger partial charge in [-0.3, -0.25) is 4.79 Å². The van der Waals surface area contributed by atoms with Crippen molar-refractivity contribution in [1.29, 1.82) is 0 Å². The lowest BCUT2D eigenvalue weighted by Crippen LogP contribution is -2.49. The van der Waals surface area contributed by atoms with Gasteiger partial charge in [-0.25, -0.2) is 4.39 Å². The molecular formula is C17H33FN2O3. The van der Waals surface area contributed by atoms with E-state index in [1.807, 2.05) is 0 Å². The van der Waals surface area contributed by atoms with Gasteiger partial charge in [0.05, 0.1) is 33.0 Å². The molecule has 0 saturated carbocycles. The lowest BCUT2D eigenvalue weighted by Gasteiger charge is -2.30. The van der Waals surface area contributed by atoms with Gasteiger partial charge in [0.15, 0.2) is 0 Å². The molecule has 0 radical (unpaired) electrons. The van der Waals surface area contributed by atoms with Crippen LogP contribution in [0.3, 0.4) is 0 Å². The standard InChI is InChI=1S/C17H33FN2O3/c1-4-5-6-7-8-10-15(18)13-16(21)19-11-9-12-20(2,3)14-17(22)23/h15H,4-14H2,1-3H3,(H-,19,21,22,23). The van der Waals surface area contributed by atoms with E-state index in [4.69, 9.17) is 0 Å². The molecule has 23 heavy (non-hydrogen) atoms. The maximum atomic E-state index is 13.7. The Morgan fingerprint density at radius 1 is 1.13 bits per heavy atom. The van der Waals surface area contributed by atoms with E-state index >= 15 is 0 Å². The molecule has 0 fully saturated rings. The second-order valence-electron chi connectivity index (χ2n) is 6.90. The summed E-state index contributed by atoms with van der Waals surface area (Å²) in [6.07, 6.45) is 5.31. The lowest BCUT2D eigenvalue weighted by atomic mass is 10.1. The number of nitrogens with zero attached hydrogens (tertiary/aromatic N) is 1. The van der Waals surface area contributed by atoms with Crippen LogP contribution >= 0.6 is 0 Å². The average molecular weight is 332 g/mol. The summed E-state index contributed by atoms with van der Waals surface area (Å²) in [5, 5.41) is 13.3. The molecule has 1 N–H and O–H groups in total. The number of nitrogens with one attached hydrogen (secondary N) is 1. The number of carbonyl (C=O) groups is 2.